The summed E-state index contributed by atoms with van der Waals surface area (Å²) >= 11 is 0.675. The van der Waals surface area contributed by atoms with Gasteiger partial charge in [-0.2, -0.15) is 0 Å². The van der Waals surface area contributed by atoms with Crippen LogP contribution in [0.25, 0.3) is 0 Å². The number of sulfone groups is 1. The third-order valence-electron chi connectivity index (χ3n) is 2.70. The second kappa shape index (κ2) is 6.05. The van der Waals surface area contributed by atoms with Crippen molar-refractivity contribution >= 4 is 43.5 Å². The zero-order valence-electron chi connectivity index (χ0n) is 9.81. The molecule has 0 amide bonds. The maximum absolute atomic E-state index is 12.1. The van der Waals surface area contributed by atoms with Gasteiger partial charge in [-0.25, -0.2) is 0 Å². The summed E-state index contributed by atoms with van der Waals surface area (Å²) in [6.45, 7) is 2.07. The molecule has 0 aliphatic rings. The van der Waals surface area contributed by atoms with E-state index in [4.69, 9.17) is 5.73 Å². The second-order valence-corrected chi connectivity index (χ2v) is 8.66. The van der Waals surface area contributed by atoms with E-state index in [1.54, 1.807) is 24.3 Å². The second-order valence-electron chi connectivity index (χ2n) is 4.07. The van der Waals surface area contributed by atoms with Crippen LogP contribution in [-0.2, 0) is 9.84 Å². The normalized spacial score (nSPS) is 13.7. The summed E-state index contributed by atoms with van der Waals surface area (Å²) in [5, 5.41) is 0. The SMILES string of the molecule is CCCC[CH]([Na])S(=O)(=O)c1ccc(N)cc1. The number of benzene rings is 1. The molecule has 0 bridgehead atoms. The molecule has 0 radical (unpaired) electrons. The van der Waals surface area contributed by atoms with E-state index in [1.807, 2.05) is 0 Å². The number of anilines is 1. The molecule has 0 heterocycles. The standard InChI is InChI=1S/C11H16NO2S.Na/c1-2-3-4-9-15(13,14)11-7-5-10(12)6-8-11;/h5-9H,2-4,12H2,1H3;. The molecule has 0 fully saturated rings. The molecule has 0 saturated carbocycles. The van der Waals surface area contributed by atoms with Crippen LogP contribution < -0.4 is 5.73 Å². The van der Waals surface area contributed by atoms with Crippen molar-refractivity contribution in [3.63, 3.8) is 0 Å². The molecule has 2 N–H and O–H groups in total. The molecule has 1 aromatic rings. The molecule has 0 aromatic heterocycles. The van der Waals surface area contributed by atoms with Crippen molar-refractivity contribution in [3.05, 3.63) is 24.3 Å². The Morgan fingerprint density at radius 2 is 1.88 bits per heavy atom. The van der Waals surface area contributed by atoms with E-state index >= 15 is 0 Å². The first kappa shape index (κ1) is 14.0. The Balaban J connectivity index is 2.89. The van der Waals surface area contributed by atoms with Crippen molar-refractivity contribution in [3.8, 4) is 0 Å². The summed E-state index contributed by atoms with van der Waals surface area (Å²) in [6, 6.07) is 6.48. The van der Waals surface area contributed by atoms with Crippen LogP contribution in [0, 0.1) is 0 Å². The van der Waals surface area contributed by atoms with E-state index in [9.17, 15) is 8.42 Å². The van der Waals surface area contributed by atoms with Gasteiger partial charge in [-0.3, -0.25) is 0 Å². The van der Waals surface area contributed by atoms with Crippen LogP contribution in [0.1, 0.15) is 26.2 Å². The van der Waals surface area contributed by atoms with Crippen molar-refractivity contribution in [2.75, 3.05) is 5.73 Å². The Labute approximate surface area is 115 Å². The number of hydrogen-bond acceptors (Lipinski definition) is 3. The Morgan fingerprint density at radius 3 is 2.38 bits per heavy atom. The molecular formula is C11H16NNaO2S. The molecule has 0 aliphatic heterocycles. The van der Waals surface area contributed by atoms with Gasteiger partial charge in [-0.1, -0.05) is 0 Å². The van der Waals surface area contributed by atoms with E-state index in [1.165, 1.54) is 0 Å². The number of rotatable bonds is 5. The number of unbranched alkanes of at least 4 members (excludes halogenated alkanes) is 1. The first-order valence-corrected chi connectivity index (χ1v) is 8.28. The maximum atomic E-state index is 12.1. The third-order valence-corrected chi connectivity index (χ3v) is 7.37. The summed E-state index contributed by atoms with van der Waals surface area (Å²) in [4.78, 5) is 0.401. The number of nitrogen functional groups attached to an aromatic ring is 1. The average Bonchev–Trinajstić information content (AvgIpc) is 2.26. The van der Waals surface area contributed by atoms with Gasteiger partial charge in [0.05, 0.1) is 0 Å². The summed E-state index contributed by atoms with van der Waals surface area (Å²) in [6.07, 6.45) is 2.79. The van der Waals surface area contributed by atoms with E-state index in [2.05, 4.69) is 6.92 Å². The van der Waals surface area contributed by atoms with Gasteiger partial charge in [0.25, 0.3) is 0 Å². The molecule has 1 aromatic carbocycles. The first-order valence-electron chi connectivity index (χ1n) is 5.58. The zero-order valence-corrected chi connectivity index (χ0v) is 12.6. The van der Waals surface area contributed by atoms with Crippen molar-refractivity contribution in [1.82, 2.24) is 0 Å². The summed E-state index contributed by atoms with van der Waals surface area (Å²) in [5.74, 6) is 0. The summed E-state index contributed by atoms with van der Waals surface area (Å²) < 4.78 is 24.1. The van der Waals surface area contributed by atoms with Crippen molar-refractivity contribution in [1.29, 1.82) is 0 Å². The fraction of sp³-hybridized carbons (Fsp3) is 0.455. The monoisotopic (exact) mass is 249 g/mol. The molecule has 1 rings (SSSR count). The van der Waals surface area contributed by atoms with Crippen LogP contribution in [0.5, 0.6) is 0 Å². The van der Waals surface area contributed by atoms with Gasteiger partial charge < -0.3 is 0 Å². The Morgan fingerprint density at radius 1 is 1.31 bits per heavy atom. The topological polar surface area (TPSA) is 60.2 Å². The summed E-state index contributed by atoms with van der Waals surface area (Å²) in [5.41, 5.74) is 6.13. The molecule has 0 aliphatic carbocycles. The van der Waals surface area contributed by atoms with Crippen LogP contribution in [-0.4, -0.2) is 38.8 Å². The zero-order chi connectivity index (χ0) is 12.2. The van der Waals surface area contributed by atoms with Crippen LogP contribution in [0.4, 0.5) is 5.69 Å². The molecule has 3 nitrogen and oxygen atoms in total. The van der Waals surface area contributed by atoms with E-state index < -0.39 is 9.84 Å². The van der Waals surface area contributed by atoms with Crippen LogP contribution >= 0.6 is 0 Å². The predicted molar refractivity (Wildman–Crippen MR) is 67.1 cm³/mol. The molecule has 16 heavy (non-hydrogen) atoms. The quantitative estimate of drug-likeness (QED) is 0.638. The van der Waals surface area contributed by atoms with Gasteiger partial charge in [0.1, 0.15) is 0 Å². The Hall–Kier alpha value is -0.0300. The predicted octanol–water partition coefficient (Wildman–Crippen LogP) is 1.73. The number of nitrogens with two attached hydrogens (primary N) is 1. The number of hydrogen-bond donors (Lipinski definition) is 1. The summed E-state index contributed by atoms with van der Waals surface area (Å²) in [7, 11) is -3.12. The molecule has 1 unspecified atom stereocenters. The Kier molecular flexibility index (Phi) is 5.31. The minimum atomic E-state index is -3.12. The first-order chi connectivity index (χ1) is 7.48. The average molecular weight is 249 g/mol. The Bertz CT molecular complexity index is 428. The fourth-order valence-corrected chi connectivity index (χ4v) is 4.22. The van der Waals surface area contributed by atoms with Crippen LogP contribution in [0.15, 0.2) is 29.2 Å². The molecule has 5 heteroatoms. The molecule has 1 atom stereocenters. The molecular weight excluding hydrogens is 233 g/mol. The minimum absolute atomic E-state index is 0.184. The van der Waals surface area contributed by atoms with Gasteiger partial charge in [0, 0.05) is 0 Å². The van der Waals surface area contributed by atoms with Crippen molar-refractivity contribution in [2.24, 2.45) is 0 Å². The van der Waals surface area contributed by atoms with Gasteiger partial charge in [-0.15, -0.1) is 0 Å². The van der Waals surface area contributed by atoms with Crippen LogP contribution in [0.3, 0.4) is 0 Å². The molecule has 0 saturated heterocycles. The van der Waals surface area contributed by atoms with Gasteiger partial charge in [0.2, 0.25) is 0 Å². The van der Waals surface area contributed by atoms with Gasteiger partial charge in [-0.05, 0) is 0 Å². The van der Waals surface area contributed by atoms with E-state index in [-0.39, 0.29) is 2.50 Å². The van der Waals surface area contributed by atoms with E-state index in [0.29, 0.717) is 38.5 Å². The van der Waals surface area contributed by atoms with E-state index in [0.717, 1.165) is 19.3 Å². The molecule has 84 valence electrons. The van der Waals surface area contributed by atoms with Crippen molar-refractivity contribution < 1.29 is 8.42 Å². The fourth-order valence-electron chi connectivity index (χ4n) is 1.54. The van der Waals surface area contributed by atoms with Gasteiger partial charge in [0.15, 0.2) is 0 Å². The third kappa shape index (κ3) is 3.48. The molecule has 0 spiro atoms. The van der Waals surface area contributed by atoms with Crippen LogP contribution in [0.2, 0.25) is 0 Å². The van der Waals surface area contributed by atoms with Gasteiger partial charge >= 0.3 is 115 Å². The van der Waals surface area contributed by atoms with Crippen molar-refractivity contribution in [2.45, 2.75) is 33.6 Å².